The third-order valence-corrected chi connectivity index (χ3v) is 3.65. The third-order valence-electron chi connectivity index (χ3n) is 3.65. The number of hydrazone groups is 1. The summed E-state index contributed by atoms with van der Waals surface area (Å²) in [5.41, 5.74) is 1.97. The predicted molar refractivity (Wildman–Crippen MR) is 92.1 cm³/mol. The van der Waals surface area contributed by atoms with Crippen molar-refractivity contribution in [2.45, 2.75) is 6.92 Å². The molecule has 1 aliphatic rings. The van der Waals surface area contributed by atoms with Crippen LogP contribution in [0.3, 0.4) is 0 Å². The largest absolute Gasteiger partial charge is 0.478 e. The van der Waals surface area contributed by atoms with E-state index >= 15 is 0 Å². The fraction of sp³-hybridized carbons (Fsp3) is 0.111. The normalized spacial score (nSPS) is 17.4. The number of aromatic carboxylic acids is 1. The number of rotatable bonds is 4. The van der Waals surface area contributed by atoms with E-state index in [1.54, 1.807) is 19.1 Å². The summed E-state index contributed by atoms with van der Waals surface area (Å²) in [6, 6.07) is 15.4. The quantitative estimate of drug-likeness (QED) is 0.878. The van der Waals surface area contributed by atoms with Crippen molar-refractivity contribution in [3.8, 4) is 0 Å². The first kappa shape index (κ1) is 15.6. The zero-order valence-electron chi connectivity index (χ0n) is 13.0. The van der Waals surface area contributed by atoms with E-state index in [4.69, 9.17) is 5.11 Å². The summed E-state index contributed by atoms with van der Waals surface area (Å²) in [4.78, 5) is 27.8. The first-order chi connectivity index (χ1) is 11.6. The molecule has 0 aliphatic carbocycles. The summed E-state index contributed by atoms with van der Waals surface area (Å²) in [6.07, 6.45) is 1.51. The second kappa shape index (κ2) is 6.45. The van der Waals surface area contributed by atoms with Crippen molar-refractivity contribution in [2.24, 2.45) is 16.0 Å². The van der Waals surface area contributed by atoms with Gasteiger partial charge in [-0.05, 0) is 37.3 Å². The van der Waals surface area contributed by atoms with Crippen LogP contribution in [0.4, 0.5) is 11.4 Å². The van der Waals surface area contributed by atoms with Crippen molar-refractivity contribution < 1.29 is 14.7 Å². The maximum Gasteiger partial charge on any atom is 0.335 e. The van der Waals surface area contributed by atoms with Gasteiger partial charge in [-0.3, -0.25) is 9.79 Å². The lowest BCUT2D eigenvalue weighted by atomic mass is 10.1. The van der Waals surface area contributed by atoms with Crippen molar-refractivity contribution in [1.82, 2.24) is 0 Å². The molecular weight excluding hydrogens is 306 g/mol. The van der Waals surface area contributed by atoms with E-state index in [-0.39, 0.29) is 11.5 Å². The fourth-order valence-corrected chi connectivity index (χ4v) is 2.39. The number of carbonyl (C=O) groups is 2. The van der Waals surface area contributed by atoms with Gasteiger partial charge >= 0.3 is 5.97 Å². The van der Waals surface area contributed by atoms with Crippen molar-refractivity contribution >= 4 is 35.2 Å². The van der Waals surface area contributed by atoms with Gasteiger partial charge in [0, 0.05) is 6.21 Å². The van der Waals surface area contributed by atoms with Crippen molar-refractivity contribution in [1.29, 1.82) is 0 Å². The standard InChI is InChI=1S/C18H15N3O3/c1-12-16(11-19-14-7-5-6-13(10-14)18(23)24)17(22)21(20-12)15-8-3-2-4-9-15/h2-11,16H,1H3,(H,23,24). The van der Waals surface area contributed by atoms with Crippen LogP contribution in [0.5, 0.6) is 0 Å². The zero-order chi connectivity index (χ0) is 17.1. The molecule has 24 heavy (non-hydrogen) atoms. The van der Waals surface area contributed by atoms with Gasteiger partial charge in [0.1, 0.15) is 5.92 Å². The summed E-state index contributed by atoms with van der Waals surface area (Å²) in [5.74, 6) is -1.76. The van der Waals surface area contributed by atoms with Gasteiger partial charge in [0.15, 0.2) is 0 Å². The van der Waals surface area contributed by atoms with Crippen LogP contribution in [0.15, 0.2) is 64.7 Å². The summed E-state index contributed by atoms with van der Waals surface area (Å²) >= 11 is 0. The molecule has 0 radical (unpaired) electrons. The molecule has 0 fully saturated rings. The molecule has 1 unspecified atom stereocenters. The molecule has 0 bridgehead atoms. The van der Waals surface area contributed by atoms with Crippen LogP contribution < -0.4 is 5.01 Å². The SMILES string of the molecule is CC1=NN(c2ccccc2)C(=O)C1C=Nc1cccc(C(=O)O)c1. The molecule has 120 valence electrons. The van der Waals surface area contributed by atoms with E-state index in [0.29, 0.717) is 17.1 Å². The Hall–Kier alpha value is -3.28. The van der Waals surface area contributed by atoms with Crippen LogP contribution >= 0.6 is 0 Å². The lowest BCUT2D eigenvalue weighted by molar-refractivity contribution is -0.118. The smallest absolute Gasteiger partial charge is 0.335 e. The molecule has 1 aliphatic heterocycles. The number of hydrogen-bond donors (Lipinski definition) is 1. The second-order valence-corrected chi connectivity index (χ2v) is 5.34. The number of nitrogens with zero attached hydrogens (tertiary/aromatic N) is 3. The van der Waals surface area contributed by atoms with E-state index in [0.717, 1.165) is 0 Å². The topological polar surface area (TPSA) is 82.3 Å². The van der Waals surface area contributed by atoms with Gasteiger partial charge in [-0.2, -0.15) is 10.1 Å². The molecule has 6 nitrogen and oxygen atoms in total. The van der Waals surface area contributed by atoms with Crippen LogP contribution in [0.2, 0.25) is 0 Å². The number of hydrogen-bond acceptors (Lipinski definition) is 4. The number of amides is 1. The highest BCUT2D eigenvalue weighted by molar-refractivity contribution is 6.23. The Morgan fingerprint density at radius 3 is 2.67 bits per heavy atom. The summed E-state index contributed by atoms with van der Waals surface area (Å²) < 4.78 is 0. The number of carbonyl (C=O) groups excluding carboxylic acids is 1. The number of benzene rings is 2. The number of carboxylic acid groups (broad SMARTS) is 1. The van der Waals surface area contributed by atoms with Gasteiger partial charge in [-0.15, -0.1) is 0 Å². The maximum absolute atomic E-state index is 12.5. The summed E-state index contributed by atoms with van der Waals surface area (Å²) in [6.45, 7) is 1.77. The van der Waals surface area contributed by atoms with Crippen LogP contribution in [-0.4, -0.2) is 28.9 Å². The Morgan fingerprint density at radius 1 is 1.21 bits per heavy atom. The molecule has 0 aromatic heterocycles. The molecule has 0 spiro atoms. The highest BCUT2D eigenvalue weighted by Gasteiger charge is 2.33. The van der Waals surface area contributed by atoms with E-state index in [2.05, 4.69) is 10.1 Å². The molecule has 1 heterocycles. The molecular formula is C18H15N3O3. The van der Waals surface area contributed by atoms with Gasteiger partial charge in [-0.1, -0.05) is 24.3 Å². The van der Waals surface area contributed by atoms with Gasteiger partial charge in [0.05, 0.1) is 22.6 Å². The highest BCUT2D eigenvalue weighted by atomic mass is 16.4. The van der Waals surface area contributed by atoms with Crippen molar-refractivity contribution in [2.75, 3.05) is 5.01 Å². The van der Waals surface area contributed by atoms with E-state index in [1.165, 1.54) is 23.4 Å². The molecule has 1 atom stereocenters. The lowest BCUT2D eigenvalue weighted by Gasteiger charge is -2.12. The van der Waals surface area contributed by atoms with Gasteiger partial charge in [-0.25, -0.2) is 4.79 Å². The summed E-state index contributed by atoms with van der Waals surface area (Å²) in [7, 11) is 0. The Bertz CT molecular complexity index is 844. The van der Waals surface area contributed by atoms with E-state index in [1.807, 2.05) is 30.3 Å². The highest BCUT2D eigenvalue weighted by Crippen LogP contribution is 2.23. The number of para-hydroxylation sites is 1. The monoisotopic (exact) mass is 321 g/mol. The minimum absolute atomic E-state index is 0.152. The van der Waals surface area contributed by atoms with Crippen molar-refractivity contribution in [3.05, 3.63) is 60.2 Å². The first-order valence-corrected chi connectivity index (χ1v) is 7.38. The average molecular weight is 321 g/mol. The maximum atomic E-state index is 12.5. The first-order valence-electron chi connectivity index (χ1n) is 7.38. The predicted octanol–water partition coefficient (Wildman–Crippen LogP) is 3.13. The van der Waals surface area contributed by atoms with Crippen LogP contribution in [0.1, 0.15) is 17.3 Å². The molecule has 2 aromatic carbocycles. The van der Waals surface area contributed by atoms with Gasteiger partial charge in [0.2, 0.25) is 0 Å². The molecule has 0 saturated carbocycles. The van der Waals surface area contributed by atoms with E-state index < -0.39 is 11.9 Å². The average Bonchev–Trinajstić information content (AvgIpc) is 2.88. The number of anilines is 1. The molecule has 1 amide bonds. The Kier molecular flexibility index (Phi) is 4.20. The van der Waals surface area contributed by atoms with Gasteiger partial charge in [0.25, 0.3) is 5.91 Å². The van der Waals surface area contributed by atoms with Crippen molar-refractivity contribution in [3.63, 3.8) is 0 Å². The minimum atomic E-state index is -1.02. The number of aliphatic imine (C=N–C) groups is 1. The fourth-order valence-electron chi connectivity index (χ4n) is 2.39. The minimum Gasteiger partial charge on any atom is -0.478 e. The Balaban J connectivity index is 1.81. The van der Waals surface area contributed by atoms with E-state index in [9.17, 15) is 9.59 Å². The lowest BCUT2D eigenvalue weighted by Crippen LogP contribution is -2.27. The summed E-state index contributed by atoms with van der Waals surface area (Å²) in [5, 5.41) is 14.7. The Morgan fingerprint density at radius 2 is 1.96 bits per heavy atom. The van der Waals surface area contributed by atoms with Gasteiger partial charge < -0.3 is 5.11 Å². The molecule has 1 N–H and O–H groups in total. The molecule has 2 aromatic rings. The van der Waals surface area contributed by atoms with Crippen LogP contribution in [0.25, 0.3) is 0 Å². The van der Waals surface area contributed by atoms with Crippen LogP contribution in [-0.2, 0) is 4.79 Å². The second-order valence-electron chi connectivity index (χ2n) is 5.34. The Labute approximate surface area is 138 Å². The third kappa shape index (κ3) is 3.08. The molecule has 6 heteroatoms. The number of carboxylic acids is 1. The van der Waals surface area contributed by atoms with Crippen LogP contribution in [0, 0.1) is 5.92 Å². The molecule has 3 rings (SSSR count). The zero-order valence-corrected chi connectivity index (χ0v) is 13.0. The molecule has 0 saturated heterocycles.